The molecule has 5 rings (SSSR count). The van der Waals surface area contributed by atoms with Crippen LogP contribution in [0.1, 0.15) is 24.5 Å². The molecule has 9 heteroatoms. The number of aromatic nitrogens is 4. The summed E-state index contributed by atoms with van der Waals surface area (Å²) in [5.41, 5.74) is 4.97. The maximum atomic E-state index is 13.6. The summed E-state index contributed by atoms with van der Waals surface area (Å²) in [4.78, 5) is 40.8. The summed E-state index contributed by atoms with van der Waals surface area (Å²) in [6.07, 6.45) is 7.38. The van der Waals surface area contributed by atoms with E-state index in [-0.39, 0.29) is 18.4 Å². The fourth-order valence-electron chi connectivity index (χ4n) is 5.01. The van der Waals surface area contributed by atoms with Gasteiger partial charge in [0.25, 0.3) is 0 Å². The second-order valence-electron chi connectivity index (χ2n) is 9.78. The minimum atomic E-state index is -0.0495. The highest BCUT2D eigenvalue weighted by atomic mass is 16.2. The molecule has 0 spiro atoms. The highest BCUT2D eigenvalue weighted by Crippen LogP contribution is 2.29. The van der Waals surface area contributed by atoms with Crippen LogP contribution in [0.5, 0.6) is 0 Å². The van der Waals surface area contributed by atoms with Crippen molar-refractivity contribution in [1.82, 2.24) is 29.5 Å². The zero-order valence-electron chi connectivity index (χ0n) is 22.2. The van der Waals surface area contributed by atoms with Crippen LogP contribution in [-0.4, -0.2) is 67.5 Å². The number of fused-ring (bicyclic) bond motifs is 1. The van der Waals surface area contributed by atoms with Crippen LogP contribution in [0.3, 0.4) is 0 Å². The van der Waals surface area contributed by atoms with Gasteiger partial charge in [0.15, 0.2) is 0 Å². The normalized spacial score (nSPS) is 14.9. The van der Waals surface area contributed by atoms with E-state index in [1.54, 1.807) is 24.1 Å². The molecular formula is C30H33N7O2. The van der Waals surface area contributed by atoms with Crippen molar-refractivity contribution in [1.29, 1.82) is 0 Å². The van der Waals surface area contributed by atoms with Crippen molar-refractivity contribution in [2.75, 3.05) is 31.1 Å². The zero-order chi connectivity index (χ0) is 27.0. The highest BCUT2D eigenvalue weighted by molar-refractivity contribution is 5.93. The molecule has 4 aromatic rings. The van der Waals surface area contributed by atoms with Gasteiger partial charge in [-0.3, -0.25) is 19.5 Å². The molecule has 1 aliphatic heterocycles. The van der Waals surface area contributed by atoms with Gasteiger partial charge in [0.05, 0.1) is 0 Å². The molecule has 2 amide bonds. The first-order valence-corrected chi connectivity index (χ1v) is 13.2. The first kappa shape index (κ1) is 26.2. The Morgan fingerprint density at radius 3 is 2.51 bits per heavy atom. The van der Waals surface area contributed by atoms with Gasteiger partial charge in [-0.1, -0.05) is 42.5 Å². The van der Waals surface area contributed by atoms with E-state index in [1.807, 2.05) is 58.5 Å². The minimum Gasteiger partial charge on any atom is -0.335 e. The lowest BCUT2D eigenvalue weighted by molar-refractivity contribution is -0.133. The average Bonchev–Trinajstić information content (AvgIpc) is 3.46. The predicted octanol–water partition coefficient (Wildman–Crippen LogP) is 3.63. The zero-order valence-corrected chi connectivity index (χ0v) is 22.2. The Kier molecular flexibility index (Phi) is 8.38. The first-order chi connectivity index (χ1) is 19.1. The van der Waals surface area contributed by atoms with Crippen LogP contribution in [0.15, 0.2) is 85.7 Å². The Hall–Kier alpha value is -4.37. The third-order valence-corrected chi connectivity index (χ3v) is 7.01. The van der Waals surface area contributed by atoms with E-state index in [2.05, 4.69) is 38.2 Å². The Morgan fingerprint density at radius 2 is 1.77 bits per heavy atom. The quantitative estimate of drug-likeness (QED) is 0.397. The number of nitrogens with zero attached hydrogens (tertiary/aromatic N) is 7. The number of benzene rings is 2. The molecule has 39 heavy (non-hydrogen) atoms. The van der Waals surface area contributed by atoms with Gasteiger partial charge in [0.2, 0.25) is 11.8 Å². The van der Waals surface area contributed by atoms with E-state index >= 15 is 0 Å². The number of carbonyl (C=O) groups excluding carboxylic acids is 2. The molecule has 0 fully saturated rings. The predicted molar refractivity (Wildman–Crippen MR) is 149 cm³/mol. The average molecular weight is 524 g/mol. The topological polar surface area (TPSA) is 87.5 Å². The second kappa shape index (κ2) is 12.4. The molecule has 0 saturated carbocycles. The van der Waals surface area contributed by atoms with Gasteiger partial charge >= 0.3 is 0 Å². The first-order valence-electron chi connectivity index (χ1n) is 13.2. The van der Waals surface area contributed by atoms with Crippen molar-refractivity contribution < 1.29 is 9.59 Å². The van der Waals surface area contributed by atoms with Crippen LogP contribution in [0.25, 0.3) is 11.1 Å². The lowest BCUT2D eigenvalue weighted by Gasteiger charge is -2.28. The minimum absolute atomic E-state index is 0.0141. The van der Waals surface area contributed by atoms with Gasteiger partial charge in [-0.2, -0.15) is 5.10 Å². The lowest BCUT2D eigenvalue weighted by Crippen LogP contribution is -2.40. The molecule has 0 radical (unpaired) electrons. The second-order valence-corrected chi connectivity index (χ2v) is 9.78. The van der Waals surface area contributed by atoms with Gasteiger partial charge in [-0.15, -0.1) is 0 Å². The van der Waals surface area contributed by atoms with Crippen molar-refractivity contribution in [3.8, 4) is 11.1 Å². The summed E-state index contributed by atoms with van der Waals surface area (Å²) in [7, 11) is 0. The van der Waals surface area contributed by atoms with Crippen molar-refractivity contribution >= 4 is 17.5 Å². The van der Waals surface area contributed by atoms with E-state index in [9.17, 15) is 9.59 Å². The molecule has 2 aromatic carbocycles. The Labute approximate surface area is 228 Å². The summed E-state index contributed by atoms with van der Waals surface area (Å²) < 4.78 is 1.55. The largest absolute Gasteiger partial charge is 0.335 e. The number of anilines is 1. The maximum Gasteiger partial charge on any atom is 0.244 e. The summed E-state index contributed by atoms with van der Waals surface area (Å²) >= 11 is 0. The van der Waals surface area contributed by atoms with Gasteiger partial charge in [-0.25, -0.2) is 9.67 Å². The molecule has 2 aromatic heterocycles. The molecule has 0 saturated heterocycles. The molecule has 3 heterocycles. The number of carbonyl (C=O) groups is 2. The van der Waals surface area contributed by atoms with E-state index in [4.69, 9.17) is 0 Å². The molecule has 9 nitrogen and oxygen atoms in total. The molecule has 0 aliphatic carbocycles. The number of rotatable bonds is 5. The van der Waals surface area contributed by atoms with Gasteiger partial charge in [-0.05, 0) is 46.9 Å². The molecule has 0 N–H and O–H groups in total. The summed E-state index contributed by atoms with van der Waals surface area (Å²) in [6, 6.07) is 20.4. The number of amides is 2. The summed E-state index contributed by atoms with van der Waals surface area (Å²) in [5.74, 6) is -0.0637. The van der Waals surface area contributed by atoms with Crippen molar-refractivity contribution in [3.05, 3.63) is 96.8 Å². The van der Waals surface area contributed by atoms with E-state index in [0.29, 0.717) is 19.6 Å². The fraction of sp³-hybridized carbons (Fsp3) is 0.300. The SMILES string of the molecule is CC(=O)N1CCCN(Cc2ccccc2)CCN(C(=O)Cn2cncn2)Cc2cc(-c3cccnc3)ccc21. The van der Waals surface area contributed by atoms with E-state index < -0.39 is 0 Å². The molecule has 0 bridgehead atoms. The Morgan fingerprint density at radius 1 is 0.897 bits per heavy atom. The Bertz CT molecular complexity index is 1380. The third-order valence-electron chi connectivity index (χ3n) is 7.01. The smallest absolute Gasteiger partial charge is 0.244 e. The monoisotopic (exact) mass is 523 g/mol. The van der Waals surface area contributed by atoms with Crippen LogP contribution in [-0.2, 0) is 29.2 Å². The molecule has 200 valence electrons. The molecule has 0 atom stereocenters. The maximum absolute atomic E-state index is 13.6. The van der Waals surface area contributed by atoms with Crippen LogP contribution in [0.2, 0.25) is 0 Å². The lowest BCUT2D eigenvalue weighted by atomic mass is 10.0. The third kappa shape index (κ3) is 6.74. The fourth-order valence-corrected chi connectivity index (χ4v) is 5.01. The van der Waals surface area contributed by atoms with Crippen LogP contribution in [0.4, 0.5) is 5.69 Å². The van der Waals surface area contributed by atoms with Gasteiger partial charge in [0, 0.05) is 64.3 Å². The Balaban J connectivity index is 1.49. The molecule has 0 unspecified atom stereocenters. The van der Waals surface area contributed by atoms with Crippen molar-refractivity contribution in [2.45, 2.75) is 33.0 Å². The number of hydrogen-bond donors (Lipinski definition) is 0. The molecule has 1 aliphatic rings. The number of pyridine rings is 1. The van der Waals surface area contributed by atoms with Gasteiger partial charge < -0.3 is 9.80 Å². The van der Waals surface area contributed by atoms with E-state index in [0.717, 1.165) is 48.4 Å². The standard InChI is InChI=1S/C30H33N7O2/c1-24(38)37-14-6-13-34(19-25-7-3-2-4-8-25)15-16-35(30(39)21-36-23-32-22-33-36)20-28-17-26(10-11-29(28)37)27-9-5-12-31-18-27/h2-5,7-12,17-18,22-23H,6,13-16,19-21H2,1H3. The van der Waals surface area contributed by atoms with Gasteiger partial charge in [0.1, 0.15) is 19.2 Å². The summed E-state index contributed by atoms with van der Waals surface area (Å²) in [5, 5.41) is 4.13. The van der Waals surface area contributed by atoms with E-state index in [1.165, 1.54) is 11.9 Å². The molecular weight excluding hydrogens is 490 g/mol. The van der Waals surface area contributed by atoms with Crippen LogP contribution >= 0.6 is 0 Å². The van der Waals surface area contributed by atoms with Crippen molar-refractivity contribution in [2.24, 2.45) is 0 Å². The van der Waals surface area contributed by atoms with Crippen LogP contribution < -0.4 is 4.90 Å². The van der Waals surface area contributed by atoms with Crippen molar-refractivity contribution in [3.63, 3.8) is 0 Å². The number of hydrogen-bond acceptors (Lipinski definition) is 6. The highest BCUT2D eigenvalue weighted by Gasteiger charge is 2.23. The van der Waals surface area contributed by atoms with Crippen LogP contribution in [0, 0.1) is 0 Å². The summed E-state index contributed by atoms with van der Waals surface area (Å²) in [6.45, 7) is 5.55.